The first-order valence-corrected chi connectivity index (χ1v) is 7.55. The van der Waals surface area contributed by atoms with Crippen LogP contribution in [0.25, 0.3) is 10.9 Å². The number of pyridine rings is 1. The van der Waals surface area contributed by atoms with Crippen molar-refractivity contribution in [1.29, 1.82) is 0 Å². The quantitative estimate of drug-likeness (QED) is 0.726. The van der Waals surface area contributed by atoms with Crippen LogP contribution in [0.2, 0.25) is 0 Å². The van der Waals surface area contributed by atoms with Crippen LogP contribution in [0, 0.1) is 0 Å². The van der Waals surface area contributed by atoms with Gasteiger partial charge in [0, 0.05) is 25.1 Å². The predicted octanol–water partition coefficient (Wildman–Crippen LogP) is 2.72. The van der Waals surface area contributed by atoms with Gasteiger partial charge in [0.05, 0.1) is 23.6 Å². The second kappa shape index (κ2) is 6.57. The third-order valence-corrected chi connectivity index (χ3v) is 3.76. The molecular formula is C17H18N4O3. The summed E-state index contributed by atoms with van der Waals surface area (Å²) < 4.78 is 7.36. The van der Waals surface area contributed by atoms with E-state index in [1.165, 1.54) is 6.20 Å². The first-order chi connectivity index (χ1) is 11.7. The standard InChI is InChI=1S/C17H18N4O3/c1-4-14-15-12(19-21(14)2)7-8-13(16(15)23-3)20-24-17(22)11-6-5-9-18-10-11/h5-10,20H,4H2,1-3H3. The molecule has 3 rings (SSSR count). The summed E-state index contributed by atoms with van der Waals surface area (Å²) in [6.45, 7) is 2.05. The first-order valence-electron chi connectivity index (χ1n) is 7.55. The van der Waals surface area contributed by atoms with E-state index in [0.717, 1.165) is 23.0 Å². The number of fused-ring (bicyclic) bond motifs is 1. The minimum absolute atomic E-state index is 0.362. The summed E-state index contributed by atoms with van der Waals surface area (Å²) in [5.41, 5.74) is 5.47. The number of hydrogen-bond acceptors (Lipinski definition) is 6. The fraction of sp³-hybridized carbons (Fsp3) is 0.235. The highest BCUT2D eigenvalue weighted by molar-refractivity contribution is 5.94. The van der Waals surface area contributed by atoms with Gasteiger partial charge in [0.1, 0.15) is 5.69 Å². The summed E-state index contributed by atoms with van der Waals surface area (Å²) in [5.74, 6) is 0.0728. The van der Waals surface area contributed by atoms with Gasteiger partial charge in [0.25, 0.3) is 0 Å². The number of benzene rings is 1. The van der Waals surface area contributed by atoms with E-state index in [4.69, 9.17) is 9.57 Å². The topological polar surface area (TPSA) is 78.3 Å². The smallest absolute Gasteiger partial charge is 0.364 e. The molecule has 0 unspecified atom stereocenters. The van der Waals surface area contributed by atoms with Gasteiger partial charge < -0.3 is 9.57 Å². The van der Waals surface area contributed by atoms with Gasteiger partial charge in [0.15, 0.2) is 5.75 Å². The van der Waals surface area contributed by atoms with Crippen molar-refractivity contribution >= 4 is 22.6 Å². The lowest BCUT2D eigenvalue weighted by molar-refractivity contribution is 0.0595. The Balaban J connectivity index is 1.91. The van der Waals surface area contributed by atoms with Gasteiger partial charge in [-0.05, 0) is 30.7 Å². The van der Waals surface area contributed by atoms with Crippen molar-refractivity contribution in [1.82, 2.24) is 14.8 Å². The van der Waals surface area contributed by atoms with Gasteiger partial charge >= 0.3 is 5.97 Å². The summed E-state index contributed by atoms with van der Waals surface area (Å²) >= 11 is 0. The number of carbonyl (C=O) groups excluding carboxylic acids is 1. The molecule has 1 aromatic carbocycles. The minimum Gasteiger partial charge on any atom is -0.494 e. The molecule has 0 spiro atoms. The second-order valence-electron chi connectivity index (χ2n) is 5.20. The molecule has 124 valence electrons. The molecule has 0 saturated heterocycles. The number of aryl methyl sites for hydroxylation is 2. The van der Waals surface area contributed by atoms with Crippen molar-refractivity contribution in [2.45, 2.75) is 13.3 Å². The lowest BCUT2D eigenvalue weighted by Crippen LogP contribution is -2.11. The highest BCUT2D eigenvalue weighted by Gasteiger charge is 2.17. The van der Waals surface area contributed by atoms with Crippen molar-refractivity contribution in [3.05, 3.63) is 47.9 Å². The average Bonchev–Trinajstić information content (AvgIpc) is 2.95. The molecule has 2 aromatic heterocycles. The molecule has 0 saturated carbocycles. The van der Waals surface area contributed by atoms with Crippen molar-refractivity contribution in [3.8, 4) is 5.75 Å². The molecule has 3 aromatic rings. The van der Waals surface area contributed by atoms with E-state index in [-0.39, 0.29) is 0 Å². The second-order valence-corrected chi connectivity index (χ2v) is 5.20. The zero-order valence-electron chi connectivity index (χ0n) is 13.7. The summed E-state index contributed by atoms with van der Waals surface area (Å²) in [6.07, 6.45) is 3.85. The Morgan fingerprint density at radius 2 is 2.17 bits per heavy atom. The van der Waals surface area contributed by atoms with E-state index in [0.29, 0.717) is 17.0 Å². The molecule has 0 amide bonds. The molecule has 0 aliphatic rings. The van der Waals surface area contributed by atoms with Crippen molar-refractivity contribution in [2.75, 3.05) is 12.6 Å². The van der Waals surface area contributed by atoms with Crippen molar-refractivity contribution in [2.24, 2.45) is 7.05 Å². The average molecular weight is 326 g/mol. The Hall–Kier alpha value is -3.09. The summed E-state index contributed by atoms with van der Waals surface area (Å²) in [6, 6.07) is 6.93. The van der Waals surface area contributed by atoms with Crippen molar-refractivity contribution < 1.29 is 14.4 Å². The first kappa shape index (κ1) is 15.8. The molecule has 0 bridgehead atoms. The molecule has 0 aliphatic carbocycles. The largest absolute Gasteiger partial charge is 0.494 e. The Morgan fingerprint density at radius 1 is 1.33 bits per heavy atom. The highest BCUT2D eigenvalue weighted by atomic mass is 16.7. The van der Waals surface area contributed by atoms with Crippen molar-refractivity contribution in [3.63, 3.8) is 0 Å². The molecule has 2 heterocycles. The van der Waals surface area contributed by atoms with E-state index in [9.17, 15) is 4.79 Å². The summed E-state index contributed by atoms with van der Waals surface area (Å²) in [5, 5.41) is 5.38. The molecule has 7 nitrogen and oxygen atoms in total. The minimum atomic E-state index is -0.521. The highest BCUT2D eigenvalue weighted by Crippen LogP contribution is 2.35. The Kier molecular flexibility index (Phi) is 4.33. The molecule has 7 heteroatoms. The van der Waals surface area contributed by atoms with E-state index in [1.807, 2.05) is 17.8 Å². The van der Waals surface area contributed by atoms with E-state index in [2.05, 4.69) is 22.5 Å². The number of ether oxygens (including phenoxy) is 1. The van der Waals surface area contributed by atoms with Gasteiger partial charge in [-0.25, -0.2) is 10.3 Å². The zero-order chi connectivity index (χ0) is 17.1. The number of rotatable bonds is 5. The molecule has 0 aliphatic heterocycles. The van der Waals surface area contributed by atoms with Gasteiger partial charge in [-0.2, -0.15) is 5.10 Å². The third kappa shape index (κ3) is 2.76. The molecule has 1 N–H and O–H groups in total. The Bertz CT molecular complexity index is 874. The maximum atomic E-state index is 12.0. The Labute approximate surface area is 139 Å². The number of carbonyl (C=O) groups is 1. The number of anilines is 1. The molecule has 0 fully saturated rings. The maximum Gasteiger partial charge on any atom is 0.364 e. The van der Waals surface area contributed by atoms with E-state index < -0.39 is 5.97 Å². The SMILES string of the molecule is CCc1c2c(OC)c(NOC(=O)c3cccnc3)ccc2nn1C. The monoisotopic (exact) mass is 326 g/mol. The van der Waals surface area contributed by atoms with Gasteiger partial charge in [-0.3, -0.25) is 9.67 Å². The van der Waals surface area contributed by atoms with Crippen LogP contribution in [0.1, 0.15) is 23.0 Å². The molecule has 24 heavy (non-hydrogen) atoms. The van der Waals surface area contributed by atoms with Crippen LogP contribution in [0.4, 0.5) is 5.69 Å². The zero-order valence-corrected chi connectivity index (χ0v) is 13.7. The van der Waals surface area contributed by atoms with Crippen LogP contribution in [-0.2, 0) is 18.3 Å². The maximum absolute atomic E-state index is 12.0. The molecule has 0 atom stereocenters. The Morgan fingerprint density at radius 3 is 2.83 bits per heavy atom. The fourth-order valence-electron chi connectivity index (χ4n) is 2.66. The number of aromatic nitrogens is 3. The number of methoxy groups -OCH3 is 1. The normalized spacial score (nSPS) is 10.6. The third-order valence-electron chi connectivity index (χ3n) is 3.76. The number of nitrogens with one attached hydrogen (secondary N) is 1. The fourth-order valence-corrected chi connectivity index (χ4v) is 2.66. The van der Waals surface area contributed by atoms with Crippen LogP contribution < -0.4 is 10.2 Å². The number of nitrogens with zero attached hydrogens (tertiary/aromatic N) is 3. The number of hydrogen-bond donors (Lipinski definition) is 1. The van der Waals surface area contributed by atoms with Gasteiger partial charge in [-0.1, -0.05) is 6.92 Å². The van der Waals surface area contributed by atoms with Crippen LogP contribution >= 0.6 is 0 Å². The van der Waals surface area contributed by atoms with Crippen LogP contribution in [-0.4, -0.2) is 27.8 Å². The lowest BCUT2D eigenvalue weighted by atomic mass is 10.1. The summed E-state index contributed by atoms with van der Waals surface area (Å²) in [7, 11) is 3.48. The van der Waals surface area contributed by atoms with Gasteiger partial charge in [0.2, 0.25) is 0 Å². The molecular weight excluding hydrogens is 308 g/mol. The van der Waals surface area contributed by atoms with Crippen LogP contribution in [0.15, 0.2) is 36.7 Å². The van der Waals surface area contributed by atoms with Gasteiger partial charge in [-0.15, -0.1) is 0 Å². The van der Waals surface area contributed by atoms with E-state index >= 15 is 0 Å². The molecule has 0 radical (unpaired) electrons. The summed E-state index contributed by atoms with van der Waals surface area (Å²) in [4.78, 5) is 21.1. The lowest BCUT2D eigenvalue weighted by Gasteiger charge is -2.12. The van der Waals surface area contributed by atoms with Crippen LogP contribution in [0.3, 0.4) is 0 Å². The predicted molar refractivity (Wildman–Crippen MR) is 89.9 cm³/mol. The van der Waals surface area contributed by atoms with E-state index in [1.54, 1.807) is 31.5 Å². The van der Waals surface area contributed by atoms with Crippen LogP contribution in [0.5, 0.6) is 5.75 Å².